The number of aryl methyl sites for hydroxylation is 2. The molecule has 0 saturated heterocycles. The number of hydrogen-bond donors (Lipinski definition) is 0. The highest BCUT2D eigenvalue weighted by molar-refractivity contribution is 5.42. The first-order chi connectivity index (χ1) is 13.0. The zero-order valence-electron chi connectivity index (χ0n) is 17.1. The third kappa shape index (κ3) is 11.8. The third-order valence-electron chi connectivity index (χ3n) is 3.15. The van der Waals surface area contributed by atoms with Crippen molar-refractivity contribution in [1.29, 1.82) is 0 Å². The Labute approximate surface area is 162 Å². The number of hydrogen-bond acceptors (Lipinski definition) is 5. The standard InChI is InChI=1S/2C9H12O2.C3H7FO/c1-7-4-5-8(10-2)9(6-7)11-3;1-8-4-3-5-9(6-8)11-7-10-2;1-2-5-3-4/h4-6H,1-3H3;3-6H,7H2,1-2H3;2-3H2,1H3. The van der Waals surface area contributed by atoms with Crippen molar-refractivity contribution in [2.45, 2.75) is 20.8 Å². The molecule has 0 aromatic heterocycles. The van der Waals surface area contributed by atoms with Gasteiger partial charge in [-0.15, -0.1) is 0 Å². The van der Waals surface area contributed by atoms with Crippen LogP contribution in [0.4, 0.5) is 4.39 Å². The lowest BCUT2D eigenvalue weighted by Crippen LogP contribution is -1.98. The Kier molecular flexibility index (Phi) is 14.5. The van der Waals surface area contributed by atoms with Crippen LogP contribution in [0, 0.1) is 13.8 Å². The van der Waals surface area contributed by atoms with E-state index >= 15 is 0 Å². The quantitative estimate of drug-likeness (QED) is 0.635. The summed E-state index contributed by atoms with van der Waals surface area (Å²) in [6.45, 7) is 5.91. The van der Waals surface area contributed by atoms with Crippen molar-refractivity contribution in [2.75, 3.05) is 41.6 Å². The fraction of sp³-hybridized carbons (Fsp3) is 0.429. The number of halogens is 1. The molecule has 2 aromatic rings. The van der Waals surface area contributed by atoms with Crippen LogP contribution in [-0.2, 0) is 9.47 Å². The molecule has 0 atom stereocenters. The van der Waals surface area contributed by atoms with Crippen LogP contribution in [0.5, 0.6) is 17.2 Å². The molecular formula is C21H31FO5. The summed E-state index contributed by atoms with van der Waals surface area (Å²) in [5.41, 5.74) is 2.36. The molecule has 0 radical (unpaired) electrons. The van der Waals surface area contributed by atoms with Crippen molar-refractivity contribution >= 4 is 0 Å². The summed E-state index contributed by atoms with van der Waals surface area (Å²) in [6.07, 6.45) is 0. The lowest BCUT2D eigenvalue weighted by molar-refractivity contribution is 0.0511. The van der Waals surface area contributed by atoms with Crippen molar-refractivity contribution in [2.24, 2.45) is 0 Å². The molecule has 0 aliphatic carbocycles. The molecule has 152 valence electrons. The molecule has 27 heavy (non-hydrogen) atoms. The van der Waals surface area contributed by atoms with Crippen LogP contribution < -0.4 is 14.2 Å². The Morgan fingerprint density at radius 3 is 2.00 bits per heavy atom. The molecule has 0 N–H and O–H groups in total. The van der Waals surface area contributed by atoms with Gasteiger partial charge in [-0.1, -0.05) is 18.2 Å². The van der Waals surface area contributed by atoms with Gasteiger partial charge in [0.2, 0.25) is 0 Å². The molecule has 0 bridgehead atoms. The van der Waals surface area contributed by atoms with E-state index in [9.17, 15) is 4.39 Å². The van der Waals surface area contributed by atoms with E-state index in [0.717, 1.165) is 17.2 Å². The van der Waals surface area contributed by atoms with E-state index in [1.54, 1.807) is 28.3 Å². The zero-order chi connectivity index (χ0) is 20.5. The Balaban J connectivity index is 0.000000405. The van der Waals surface area contributed by atoms with E-state index in [0.29, 0.717) is 13.4 Å². The van der Waals surface area contributed by atoms with Gasteiger partial charge in [-0.2, -0.15) is 0 Å². The predicted octanol–water partition coefficient (Wildman–Crippen LogP) is 4.94. The van der Waals surface area contributed by atoms with E-state index in [1.165, 1.54) is 11.1 Å². The van der Waals surface area contributed by atoms with Gasteiger partial charge in [0.25, 0.3) is 0 Å². The predicted molar refractivity (Wildman–Crippen MR) is 106 cm³/mol. The Morgan fingerprint density at radius 2 is 1.52 bits per heavy atom. The van der Waals surface area contributed by atoms with E-state index in [4.69, 9.17) is 18.9 Å². The van der Waals surface area contributed by atoms with Crippen molar-refractivity contribution < 1.29 is 28.1 Å². The fourth-order valence-electron chi connectivity index (χ4n) is 1.85. The van der Waals surface area contributed by atoms with Gasteiger partial charge >= 0.3 is 0 Å². The highest BCUT2D eigenvalue weighted by Crippen LogP contribution is 2.26. The van der Waals surface area contributed by atoms with E-state index in [-0.39, 0.29) is 0 Å². The normalized spacial score (nSPS) is 9.30. The number of alkyl halides is 1. The van der Waals surface area contributed by atoms with Gasteiger partial charge in [0.15, 0.2) is 25.2 Å². The SMILES string of the molecule is CCOCF.COCOc1cccc(C)c1.COc1ccc(C)cc1OC. The molecule has 0 amide bonds. The third-order valence-corrected chi connectivity index (χ3v) is 3.15. The Bertz CT molecular complexity index is 617. The minimum Gasteiger partial charge on any atom is -0.493 e. The molecule has 0 aliphatic rings. The first-order valence-corrected chi connectivity index (χ1v) is 8.53. The van der Waals surface area contributed by atoms with E-state index < -0.39 is 6.86 Å². The number of ether oxygens (including phenoxy) is 5. The first-order valence-electron chi connectivity index (χ1n) is 8.53. The van der Waals surface area contributed by atoms with Crippen LogP contribution in [0.1, 0.15) is 18.1 Å². The van der Waals surface area contributed by atoms with E-state index in [2.05, 4.69) is 4.74 Å². The molecule has 0 aliphatic heterocycles. The lowest BCUT2D eigenvalue weighted by atomic mass is 10.2. The number of methoxy groups -OCH3 is 3. The summed E-state index contributed by atoms with van der Waals surface area (Å²) in [5.74, 6) is 2.41. The molecule has 2 rings (SSSR count). The summed E-state index contributed by atoms with van der Waals surface area (Å²) < 4.78 is 35.1. The van der Waals surface area contributed by atoms with E-state index in [1.807, 2.05) is 56.3 Å². The summed E-state index contributed by atoms with van der Waals surface area (Å²) in [5, 5.41) is 0. The molecule has 0 unspecified atom stereocenters. The van der Waals surface area contributed by atoms with Gasteiger partial charge in [0, 0.05) is 13.7 Å². The topological polar surface area (TPSA) is 46.2 Å². The van der Waals surface area contributed by atoms with Crippen molar-refractivity contribution in [3.8, 4) is 17.2 Å². The first kappa shape index (κ1) is 24.7. The average Bonchev–Trinajstić information content (AvgIpc) is 2.68. The lowest BCUT2D eigenvalue weighted by Gasteiger charge is -2.06. The number of rotatable bonds is 7. The van der Waals surface area contributed by atoms with Crippen LogP contribution in [0.25, 0.3) is 0 Å². The van der Waals surface area contributed by atoms with Gasteiger partial charge in [-0.25, -0.2) is 4.39 Å². The van der Waals surface area contributed by atoms with Gasteiger partial charge in [0.1, 0.15) is 5.75 Å². The van der Waals surface area contributed by atoms with Crippen molar-refractivity contribution in [3.63, 3.8) is 0 Å². The minimum absolute atomic E-state index is 0.309. The average molecular weight is 382 g/mol. The maximum Gasteiger partial charge on any atom is 0.188 e. The molecule has 2 aromatic carbocycles. The van der Waals surface area contributed by atoms with Gasteiger partial charge in [-0.3, -0.25) is 0 Å². The molecule has 0 saturated carbocycles. The zero-order valence-corrected chi connectivity index (χ0v) is 17.1. The van der Waals surface area contributed by atoms with Crippen LogP contribution in [0.3, 0.4) is 0 Å². The molecule has 6 heteroatoms. The highest BCUT2D eigenvalue weighted by atomic mass is 19.1. The second-order valence-corrected chi connectivity index (χ2v) is 5.33. The number of benzene rings is 2. The molecular weight excluding hydrogens is 351 g/mol. The Morgan fingerprint density at radius 1 is 0.852 bits per heavy atom. The second kappa shape index (κ2) is 15.9. The summed E-state index contributed by atoms with van der Waals surface area (Å²) >= 11 is 0. The van der Waals surface area contributed by atoms with Gasteiger partial charge < -0.3 is 23.7 Å². The van der Waals surface area contributed by atoms with Crippen LogP contribution in [0.15, 0.2) is 42.5 Å². The van der Waals surface area contributed by atoms with Crippen LogP contribution in [0.2, 0.25) is 0 Å². The fourth-order valence-corrected chi connectivity index (χ4v) is 1.85. The molecule has 0 spiro atoms. The Hall–Kier alpha value is -2.31. The molecule has 0 heterocycles. The summed E-state index contributed by atoms with van der Waals surface area (Å²) in [4.78, 5) is 0. The van der Waals surface area contributed by atoms with Crippen LogP contribution >= 0.6 is 0 Å². The summed E-state index contributed by atoms with van der Waals surface area (Å²) in [6, 6.07) is 13.7. The van der Waals surface area contributed by atoms with Crippen molar-refractivity contribution in [1.82, 2.24) is 0 Å². The minimum atomic E-state index is -0.656. The van der Waals surface area contributed by atoms with Crippen LogP contribution in [-0.4, -0.2) is 41.6 Å². The maximum atomic E-state index is 10.8. The van der Waals surface area contributed by atoms with Crippen molar-refractivity contribution in [3.05, 3.63) is 53.6 Å². The monoisotopic (exact) mass is 382 g/mol. The largest absolute Gasteiger partial charge is 0.493 e. The highest BCUT2D eigenvalue weighted by Gasteiger charge is 2.00. The smallest absolute Gasteiger partial charge is 0.188 e. The maximum absolute atomic E-state index is 10.8. The van der Waals surface area contributed by atoms with Gasteiger partial charge in [0.05, 0.1) is 14.2 Å². The molecule has 5 nitrogen and oxygen atoms in total. The van der Waals surface area contributed by atoms with Gasteiger partial charge in [-0.05, 0) is 56.2 Å². The second-order valence-electron chi connectivity index (χ2n) is 5.33. The molecule has 0 fully saturated rings. The summed E-state index contributed by atoms with van der Waals surface area (Å²) in [7, 11) is 4.88.